The molecule has 3 saturated carbocycles. The maximum absolute atomic E-state index is 13.5. The van der Waals surface area contributed by atoms with Gasteiger partial charge in [-0.2, -0.15) is 45.2 Å². The van der Waals surface area contributed by atoms with Gasteiger partial charge in [-0.25, -0.2) is 16.8 Å². The predicted octanol–water partition coefficient (Wildman–Crippen LogP) is 7.12. The normalized spacial score (nSPS) is 24.2. The van der Waals surface area contributed by atoms with Gasteiger partial charge in [0.05, 0.1) is 69.4 Å². The summed E-state index contributed by atoms with van der Waals surface area (Å²) in [6.07, 6.45) is 0.0252. The lowest BCUT2D eigenvalue weighted by Gasteiger charge is -2.30. The lowest BCUT2D eigenvalue weighted by Crippen LogP contribution is -2.35. The zero-order chi connectivity index (χ0) is 36.1. The number of hydrogen-bond acceptors (Lipinski definition) is 6. The first-order valence-corrected chi connectivity index (χ1v) is 19.4. The van der Waals surface area contributed by atoms with Crippen molar-refractivity contribution in [3.05, 3.63) is 94.6 Å². The summed E-state index contributed by atoms with van der Waals surface area (Å²) in [6, 6.07) is 6.58. The van der Waals surface area contributed by atoms with Crippen molar-refractivity contribution in [3.8, 4) is 0 Å². The topological polar surface area (TPSA) is 132 Å². The molecule has 272 valence electrons. The van der Waals surface area contributed by atoms with Crippen LogP contribution in [0.1, 0.15) is 90.3 Å². The number of rotatable bonds is 7. The summed E-state index contributed by atoms with van der Waals surface area (Å²) in [4.78, 5) is -0.218. The molecule has 10 nitrogen and oxygen atoms in total. The molecule has 2 N–H and O–H groups in total. The summed E-state index contributed by atoms with van der Waals surface area (Å²) in [7, 11) is -7.80. The molecule has 4 heterocycles. The highest BCUT2D eigenvalue weighted by Gasteiger charge is 2.56. The van der Waals surface area contributed by atoms with Crippen molar-refractivity contribution in [1.29, 1.82) is 0 Å². The van der Waals surface area contributed by atoms with Crippen LogP contribution in [-0.4, -0.2) is 45.8 Å². The van der Waals surface area contributed by atoms with Crippen LogP contribution in [0.4, 0.5) is 26.3 Å². The molecule has 2 aromatic carbocycles. The standard InChI is InChI=1S/C18H18F3N3O2S.C15H14F3N3O2S/c19-18(20,21)12-5-7-13(8-6-12)27(25,26)24-16(10-1-2-10)14-9-22-23-15(14)17(24)11-3-4-11;16-15(17,18)10-3-5-11(6-4-10)24(22,23)21-8-13-12(7-19-20-13)14(21)9-1-2-9/h5-11,16-17H,1-4H2,(H,22,23);3-7,9,14H,1-2,8H2,(H,19,20)/t;14-/m.1/s1. The Morgan fingerprint density at radius 2 is 1.04 bits per heavy atom. The number of alkyl halides is 6. The van der Waals surface area contributed by atoms with E-state index >= 15 is 0 Å². The number of fused-ring (bicyclic) bond motifs is 2. The first-order valence-electron chi connectivity index (χ1n) is 16.5. The molecule has 0 saturated heterocycles. The first-order chi connectivity index (χ1) is 24.1. The van der Waals surface area contributed by atoms with E-state index in [-0.39, 0.29) is 52.2 Å². The quantitative estimate of drug-likeness (QED) is 0.193. The SMILES string of the molecule is O=S(=O)(c1ccc(C(F)(F)F)cc1)N1C(C2CC2)c2cn[nH]c2C1C1CC1.O=S(=O)(c1ccc(C(F)(F)F)cc1)N1Cc2[nH]ncc2[C@H]1C1CC1. The molecule has 0 spiro atoms. The van der Waals surface area contributed by atoms with Crippen molar-refractivity contribution in [2.24, 2.45) is 17.8 Å². The lowest BCUT2D eigenvalue weighted by atomic mass is 10.1. The van der Waals surface area contributed by atoms with Crippen LogP contribution in [0.25, 0.3) is 0 Å². The van der Waals surface area contributed by atoms with E-state index in [1.54, 1.807) is 16.7 Å². The van der Waals surface area contributed by atoms with Crippen molar-refractivity contribution in [2.75, 3.05) is 0 Å². The van der Waals surface area contributed by atoms with E-state index in [0.29, 0.717) is 0 Å². The summed E-state index contributed by atoms with van der Waals surface area (Å²) in [5.41, 5.74) is 1.68. The average molecular weight is 755 g/mol. The summed E-state index contributed by atoms with van der Waals surface area (Å²) in [6.45, 7) is 0.167. The van der Waals surface area contributed by atoms with Crippen molar-refractivity contribution < 1.29 is 43.2 Å². The van der Waals surface area contributed by atoms with Gasteiger partial charge in [-0.15, -0.1) is 0 Å². The van der Waals surface area contributed by atoms with Gasteiger partial charge in [0.15, 0.2) is 0 Å². The number of aromatic nitrogens is 4. The fourth-order valence-corrected chi connectivity index (χ4v) is 10.9. The molecule has 2 aromatic heterocycles. The van der Waals surface area contributed by atoms with Crippen LogP contribution in [0.5, 0.6) is 0 Å². The van der Waals surface area contributed by atoms with E-state index in [1.165, 1.54) is 4.31 Å². The van der Waals surface area contributed by atoms with E-state index in [2.05, 4.69) is 20.4 Å². The Hall–Kier alpha value is -3.74. The van der Waals surface area contributed by atoms with Crippen molar-refractivity contribution in [2.45, 2.75) is 85.3 Å². The molecule has 0 radical (unpaired) electrons. The minimum atomic E-state index is -4.49. The smallest absolute Gasteiger partial charge is 0.281 e. The molecule has 5 aliphatic rings. The average Bonchev–Trinajstić information content (AvgIpc) is 4.04. The van der Waals surface area contributed by atoms with Crippen molar-refractivity contribution in [3.63, 3.8) is 0 Å². The highest BCUT2D eigenvalue weighted by atomic mass is 32.2. The third kappa shape index (κ3) is 6.16. The number of nitrogens with one attached hydrogen (secondary N) is 2. The van der Waals surface area contributed by atoms with Crippen molar-refractivity contribution in [1.82, 2.24) is 29.0 Å². The Kier molecular flexibility index (Phi) is 8.01. The van der Waals surface area contributed by atoms with Gasteiger partial charge in [-0.3, -0.25) is 10.2 Å². The van der Waals surface area contributed by atoms with Crippen LogP contribution >= 0.6 is 0 Å². The molecular weight excluding hydrogens is 723 g/mol. The second kappa shape index (κ2) is 11.9. The van der Waals surface area contributed by atoms with Gasteiger partial charge in [0, 0.05) is 11.1 Å². The molecule has 0 amide bonds. The number of sulfonamides is 2. The van der Waals surface area contributed by atoms with Gasteiger partial charge in [0.2, 0.25) is 20.0 Å². The summed E-state index contributed by atoms with van der Waals surface area (Å²) < 4.78 is 132. The molecule has 18 heteroatoms. The van der Waals surface area contributed by atoms with Crippen LogP contribution in [0.3, 0.4) is 0 Å². The monoisotopic (exact) mass is 754 g/mol. The maximum atomic E-state index is 13.5. The molecule has 0 bridgehead atoms. The highest BCUT2D eigenvalue weighted by molar-refractivity contribution is 7.89. The van der Waals surface area contributed by atoms with E-state index in [4.69, 9.17) is 0 Å². The van der Waals surface area contributed by atoms with Gasteiger partial charge in [0.1, 0.15) is 0 Å². The molecule has 9 rings (SSSR count). The van der Waals surface area contributed by atoms with Gasteiger partial charge >= 0.3 is 12.4 Å². The predicted molar refractivity (Wildman–Crippen MR) is 168 cm³/mol. The highest BCUT2D eigenvalue weighted by Crippen LogP contribution is 2.60. The Morgan fingerprint density at radius 1 is 0.588 bits per heavy atom. The number of benzene rings is 2. The minimum Gasteiger partial charge on any atom is -0.281 e. The lowest BCUT2D eigenvalue weighted by molar-refractivity contribution is -0.138. The molecule has 2 unspecified atom stereocenters. The molecule has 3 fully saturated rings. The largest absolute Gasteiger partial charge is 0.416 e. The number of halogens is 6. The summed E-state index contributed by atoms with van der Waals surface area (Å²) >= 11 is 0. The van der Waals surface area contributed by atoms with Crippen molar-refractivity contribution >= 4 is 20.0 Å². The summed E-state index contributed by atoms with van der Waals surface area (Å²) in [5, 5.41) is 13.9. The number of H-pyrrole nitrogens is 2. The van der Waals surface area contributed by atoms with Gasteiger partial charge in [0.25, 0.3) is 0 Å². The maximum Gasteiger partial charge on any atom is 0.416 e. The molecular formula is C33H32F6N6O4S2. The molecule has 3 atom stereocenters. The number of nitrogens with zero attached hydrogens (tertiary/aromatic N) is 4. The van der Waals surface area contributed by atoms with Crippen LogP contribution in [-0.2, 0) is 38.9 Å². The zero-order valence-electron chi connectivity index (χ0n) is 26.7. The molecule has 2 aliphatic heterocycles. The second-order valence-corrected chi connectivity index (χ2v) is 17.6. The third-order valence-corrected chi connectivity index (χ3v) is 14.0. The Bertz CT molecular complexity index is 2120. The fourth-order valence-electron chi connectivity index (χ4n) is 7.38. The van der Waals surface area contributed by atoms with Gasteiger partial charge in [-0.1, -0.05) is 0 Å². The number of hydrogen-bond donors (Lipinski definition) is 2. The molecule has 51 heavy (non-hydrogen) atoms. The van der Waals surface area contributed by atoms with Crippen LogP contribution < -0.4 is 0 Å². The van der Waals surface area contributed by atoms with E-state index in [0.717, 1.165) is 110 Å². The number of aromatic amines is 2. The van der Waals surface area contributed by atoms with E-state index in [1.807, 2.05) is 0 Å². The van der Waals surface area contributed by atoms with E-state index < -0.39 is 43.5 Å². The fraction of sp³-hybridized carbons (Fsp3) is 0.455. The van der Waals surface area contributed by atoms with Gasteiger partial charge in [-0.05, 0) is 105 Å². The zero-order valence-corrected chi connectivity index (χ0v) is 28.3. The van der Waals surface area contributed by atoms with Crippen LogP contribution in [0, 0.1) is 17.8 Å². The summed E-state index contributed by atoms with van der Waals surface area (Å²) in [5.74, 6) is 0.722. The van der Waals surface area contributed by atoms with Crippen LogP contribution in [0.2, 0.25) is 0 Å². The molecule has 4 aromatic rings. The van der Waals surface area contributed by atoms with Crippen LogP contribution in [0.15, 0.2) is 70.7 Å². The van der Waals surface area contributed by atoms with Gasteiger partial charge < -0.3 is 0 Å². The third-order valence-electron chi connectivity index (χ3n) is 10.3. The Morgan fingerprint density at radius 3 is 1.55 bits per heavy atom. The Balaban J connectivity index is 0.000000148. The van der Waals surface area contributed by atoms with E-state index in [9.17, 15) is 43.2 Å². The first kappa shape index (κ1) is 34.4. The minimum absolute atomic E-state index is 0.0927. The second-order valence-electron chi connectivity index (χ2n) is 13.8. The Labute approximate surface area is 289 Å². The molecule has 3 aliphatic carbocycles.